The molecule has 27 heavy (non-hydrogen) atoms. The molecule has 6 nitrogen and oxygen atoms in total. The predicted octanol–water partition coefficient (Wildman–Crippen LogP) is 4.34. The van der Waals surface area contributed by atoms with Crippen LogP contribution in [0.1, 0.15) is 31.6 Å². The number of hydrogen-bond donors (Lipinski definition) is 1. The van der Waals surface area contributed by atoms with Gasteiger partial charge in [-0.05, 0) is 56.6 Å². The van der Waals surface area contributed by atoms with Crippen LogP contribution in [0.2, 0.25) is 0 Å². The van der Waals surface area contributed by atoms with E-state index in [1.54, 1.807) is 24.4 Å². The lowest BCUT2D eigenvalue weighted by Crippen LogP contribution is -2.34. The molecule has 0 unspecified atom stereocenters. The Bertz CT molecular complexity index is 870. The first kappa shape index (κ1) is 19.3. The fourth-order valence-electron chi connectivity index (χ4n) is 3.07. The van der Waals surface area contributed by atoms with E-state index in [9.17, 15) is 4.39 Å². The maximum Gasteiger partial charge on any atom is 0.230 e. The van der Waals surface area contributed by atoms with E-state index in [0.717, 1.165) is 24.9 Å². The molecule has 1 N–H and O–H groups in total. The highest BCUT2D eigenvalue weighted by Gasteiger charge is 2.25. The van der Waals surface area contributed by atoms with Crippen LogP contribution in [-0.4, -0.2) is 27.7 Å². The van der Waals surface area contributed by atoms with Gasteiger partial charge in [-0.1, -0.05) is 5.16 Å². The lowest BCUT2D eigenvalue weighted by Gasteiger charge is -2.25. The number of nitrogens with zero attached hydrogens (tertiary/aromatic N) is 3. The first-order valence-corrected chi connectivity index (χ1v) is 8.64. The standard InChI is InChI=1S/C19H19FN4O2.ClH/c1-12-10-13(8-9-21-12)19-23-18(24-26-19)14-2-7-17(22-11-14)25-16-5-3-15(20)4-6-16;/h2-7,11-13,21H,8-10H2,1H3;1H/t12-,13-;/m0./s1. The Balaban J connectivity index is 0.00000210. The molecule has 0 spiro atoms. The molecule has 0 amide bonds. The number of ether oxygens (including phenoxy) is 1. The average molecular weight is 391 g/mol. The zero-order chi connectivity index (χ0) is 17.9. The Hall–Kier alpha value is -2.51. The van der Waals surface area contributed by atoms with Crippen molar-refractivity contribution in [2.75, 3.05) is 6.54 Å². The molecule has 1 aliphatic rings. The molecule has 0 radical (unpaired) electrons. The monoisotopic (exact) mass is 390 g/mol. The van der Waals surface area contributed by atoms with Gasteiger partial charge in [-0.15, -0.1) is 12.4 Å². The van der Waals surface area contributed by atoms with E-state index in [0.29, 0.717) is 35.3 Å². The second-order valence-corrected chi connectivity index (χ2v) is 6.47. The Morgan fingerprint density at radius 3 is 2.70 bits per heavy atom. The second-order valence-electron chi connectivity index (χ2n) is 6.47. The largest absolute Gasteiger partial charge is 0.439 e. The van der Waals surface area contributed by atoms with Gasteiger partial charge in [0.05, 0.1) is 0 Å². The van der Waals surface area contributed by atoms with E-state index in [-0.39, 0.29) is 18.2 Å². The second kappa shape index (κ2) is 8.45. The summed E-state index contributed by atoms with van der Waals surface area (Å²) in [6.45, 7) is 3.12. The van der Waals surface area contributed by atoms with Gasteiger partial charge in [-0.3, -0.25) is 0 Å². The zero-order valence-corrected chi connectivity index (χ0v) is 15.6. The van der Waals surface area contributed by atoms with E-state index in [1.165, 1.54) is 12.1 Å². The van der Waals surface area contributed by atoms with E-state index < -0.39 is 0 Å². The quantitative estimate of drug-likeness (QED) is 0.714. The normalized spacial score (nSPS) is 19.3. The molecule has 142 valence electrons. The lowest BCUT2D eigenvalue weighted by atomic mass is 9.93. The molecule has 1 fully saturated rings. The molecule has 1 aromatic carbocycles. The van der Waals surface area contributed by atoms with Crippen LogP contribution >= 0.6 is 12.4 Å². The van der Waals surface area contributed by atoms with Gasteiger partial charge < -0.3 is 14.6 Å². The Kier molecular flexibility index (Phi) is 6.03. The van der Waals surface area contributed by atoms with Gasteiger partial charge in [0.2, 0.25) is 17.6 Å². The predicted molar refractivity (Wildman–Crippen MR) is 101 cm³/mol. The third-order valence-electron chi connectivity index (χ3n) is 4.45. The van der Waals surface area contributed by atoms with Crippen LogP contribution < -0.4 is 10.1 Å². The summed E-state index contributed by atoms with van der Waals surface area (Å²) in [4.78, 5) is 8.79. The molecule has 1 saturated heterocycles. The molecule has 1 aliphatic heterocycles. The molecule has 3 heterocycles. The Labute approximate surface area is 162 Å². The van der Waals surface area contributed by atoms with Gasteiger partial charge >= 0.3 is 0 Å². The van der Waals surface area contributed by atoms with E-state index in [1.807, 2.05) is 6.07 Å². The number of halogens is 2. The molecule has 0 bridgehead atoms. The van der Waals surface area contributed by atoms with Crippen molar-refractivity contribution < 1.29 is 13.7 Å². The maximum absolute atomic E-state index is 12.9. The molecule has 2 atom stereocenters. The number of piperidine rings is 1. The molecule has 3 aromatic rings. The summed E-state index contributed by atoms with van der Waals surface area (Å²) < 4.78 is 24.0. The molecule has 4 rings (SSSR count). The fourth-order valence-corrected chi connectivity index (χ4v) is 3.07. The number of aromatic nitrogens is 3. The summed E-state index contributed by atoms with van der Waals surface area (Å²) in [6.07, 6.45) is 3.62. The highest BCUT2D eigenvalue weighted by molar-refractivity contribution is 5.85. The van der Waals surface area contributed by atoms with Crippen molar-refractivity contribution >= 4 is 12.4 Å². The Morgan fingerprint density at radius 1 is 1.19 bits per heavy atom. The summed E-state index contributed by atoms with van der Waals surface area (Å²) >= 11 is 0. The highest BCUT2D eigenvalue weighted by atomic mass is 35.5. The van der Waals surface area contributed by atoms with Crippen molar-refractivity contribution in [1.82, 2.24) is 20.4 Å². The number of pyridine rings is 1. The van der Waals surface area contributed by atoms with Crippen LogP contribution in [0, 0.1) is 5.82 Å². The summed E-state index contributed by atoms with van der Waals surface area (Å²) in [7, 11) is 0. The molecule has 2 aromatic heterocycles. The third-order valence-corrected chi connectivity index (χ3v) is 4.45. The van der Waals surface area contributed by atoms with E-state index >= 15 is 0 Å². The lowest BCUT2D eigenvalue weighted by molar-refractivity contribution is 0.295. The van der Waals surface area contributed by atoms with Gasteiger partial charge in [0.1, 0.15) is 11.6 Å². The minimum atomic E-state index is -0.309. The maximum atomic E-state index is 12.9. The number of rotatable bonds is 4. The van der Waals surface area contributed by atoms with Gasteiger partial charge in [-0.25, -0.2) is 9.37 Å². The van der Waals surface area contributed by atoms with Crippen molar-refractivity contribution in [3.63, 3.8) is 0 Å². The third kappa shape index (κ3) is 4.61. The zero-order valence-electron chi connectivity index (χ0n) is 14.8. The summed E-state index contributed by atoms with van der Waals surface area (Å²) in [5.74, 6) is 2.12. The van der Waals surface area contributed by atoms with Crippen molar-refractivity contribution in [3.8, 4) is 23.0 Å². The molecular formula is C19H20ClFN4O2. The molecule has 0 saturated carbocycles. The van der Waals surface area contributed by atoms with Gasteiger partial charge in [0.15, 0.2) is 0 Å². The van der Waals surface area contributed by atoms with E-state index in [2.05, 4.69) is 27.4 Å². The molecule has 8 heteroatoms. The first-order valence-electron chi connectivity index (χ1n) is 8.64. The molecular weight excluding hydrogens is 371 g/mol. The van der Waals surface area contributed by atoms with Crippen LogP contribution in [0.15, 0.2) is 47.1 Å². The topological polar surface area (TPSA) is 73.1 Å². The van der Waals surface area contributed by atoms with Crippen LogP contribution in [0.3, 0.4) is 0 Å². The minimum Gasteiger partial charge on any atom is -0.439 e. The van der Waals surface area contributed by atoms with Crippen molar-refractivity contribution in [2.45, 2.75) is 31.7 Å². The van der Waals surface area contributed by atoms with Crippen LogP contribution in [0.5, 0.6) is 11.6 Å². The first-order chi connectivity index (χ1) is 12.7. The van der Waals surface area contributed by atoms with Crippen molar-refractivity contribution in [1.29, 1.82) is 0 Å². The van der Waals surface area contributed by atoms with Crippen molar-refractivity contribution in [2.24, 2.45) is 0 Å². The number of hydrogen-bond acceptors (Lipinski definition) is 6. The fraction of sp³-hybridized carbons (Fsp3) is 0.316. The summed E-state index contributed by atoms with van der Waals surface area (Å²) in [6, 6.07) is 9.78. The van der Waals surface area contributed by atoms with Crippen LogP contribution in [0.25, 0.3) is 11.4 Å². The molecule has 0 aliphatic carbocycles. The van der Waals surface area contributed by atoms with Crippen LogP contribution in [0.4, 0.5) is 4.39 Å². The Morgan fingerprint density at radius 2 is 2.00 bits per heavy atom. The highest BCUT2D eigenvalue weighted by Crippen LogP contribution is 2.28. The summed E-state index contributed by atoms with van der Waals surface area (Å²) in [5, 5.41) is 7.50. The SMILES string of the molecule is C[C@H]1C[C@@H](c2nc(-c3ccc(Oc4ccc(F)cc4)nc3)no2)CCN1.Cl. The van der Waals surface area contributed by atoms with Gasteiger partial charge in [0.25, 0.3) is 0 Å². The van der Waals surface area contributed by atoms with Crippen molar-refractivity contribution in [3.05, 3.63) is 54.3 Å². The van der Waals surface area contributed by atoms with Crippen LogP contribution in [-0.2, 0) is 0 Å². The minimum absolute atomic E-state index is 0. The smallest absolute Gasteiger partial charge is 0.230 e. The average Bonchev–Trinajstić information content (AvgIpc) is 3.14. The van der Waals surface area contributed by atoms with Gasteiger partial charge in [-0.2, -0.15) is 4.98 Å². The van der Waals surface area contributed by atoms with E-state index in [4.69, 9.17) is 9.26 Å². The number of nitrogens with one attached hydrogen (secondary N) is 1. The number of benzene rings is 1. The summed E-state index contributed by atoms with van der Waals surface area (Å²) in [5.41, 5.74) is 0.758. The van der Waals surface area contributed by atoms with Gasteiger partial charge in [0, 0.05) is 29.8 Å².